The Kier molecular flexibility index (Phi) is 5.60. The van der Waals surface area contributed by atoms with Crippen LogP contribution in [0.5, 0.6) is 0 Å². The number of hydrogen-bond acceptors (Lipinski definition) is 6. The molecular weight excluding hydrogens is 384 g/mol. The van der Waals surface area contributed by atoms with Crippen LogP contribution in [-0.4, -0.2) is 61.2 Å². The monoisotopic (exact) mass is 408 g/mol. The van der Waals surface area contributed by atoms with Gasteiger partial charge in [0, 0.05) is 37.9 Å². The minimum Gasteiger partial charge on any atom is -0.337 e. The van der Waals surface area contributed by atoms with Gasteiger partial charge >= 0.3 is 0 Å². The second-order valence-corrected chi connectivity index (χ2v) is 7.17. The Balaban J connectivity index is 1.61. The number of hydrogen-bond donors (Lipinski definition) is 0. The molecule has 156 valence electrons. The Morgan fingerprint density at radius 2 is 1.90 bits per heavy atom. The van der Waals surface area contributed by atoms with Gasteiger partial charge in [-0.3, -0.25) is 14.3 Å². The molecule has 0 radical (unpaired) electrons. The maximum Gasteiger partial charge on any atom is 0.272 e. The summed E-state index contributed by atoms with van der Waals surface area (Å²) >= 11 is 0. The van der Waals surface area contributed by atoms with E-state index in [4.69, 9.17) is 4.52 Å². The van der Waals surface area contributed by atoms with Crippen molar-refractivity contribution in [3.8, 4) is 0 Å². The zero-order valence-corrected chi connectivity index (χ0v) is 17.1. The molecule has 1 aliphatic rings. The van der Waals surface area contributed by atoms with Crippen LogP contribution >= 0.6 is 0 Å². The lowest BCUT2D eigenvalue weighted by Crippen LogP contribution is -2.39. The second-order valence-electron chi connectivity index (χ2n) is 7.17. The third kappa shape index (κ3) is 3.83. The third-order valence-corrected chi connectivity index (χ3v) is 5.29. The largest absolute Gasteiger partial charge is 0.337 e. The number of amides is 2. The van der Waals surface area contributed by atoms with E-state index in [1.165, 1.54) is 0 Å². The van der Waals surface area contributed by atoms with Crippen molar-refractivity contribution in [1.82, 2.24) is 29.7 Å². The van der Waals surface area contributed by atoms with Crippen LogP contribution in [0.4, 0.5) is 0 Å². The first-order valence-electron chi connectivity index (χ1n) is 10.1. The van der Waals surface area contributed by atoms with Gasteiger partial charge < -0.3 is 14.3 Å². The van der Waals surface area contributed by atoms with E-state index in [2.05, 4.69) is 15.2 Å². The first-order valence-corrected chi connectivity index (χ1v) is 10.1. The van der Waals surface area contributed by atoms with Crippen molar-refractivity contribution in [3.05, 3.63) is 65.6 Å². The SMILES string of the molecule is CCn1nccc1C(=O)N1CCC(c2nc(C)no2)N(C(=O)c2ccccc2)CC1. The summed E-state index contributed by atoms with van der Waals surface area (Å²) in [6, 6.07) is 10.4. The fourth-order valence-corrected chi connectivity index (χ4v) is 3.76. The lowest BCUT2D eigenvalue weighted by molar-refractivity contribution is 0.0641. The summed E-state index contributed by atoms with van der Waals surface area (Å²) in [7, 11) is 0. The van der Waals surface area contributed by atoms with E-state index in [9.17, 15) is 9.59 Å². The first kappa shape index (κ1) is 19.8. The van der Waals surface area contributed by atoms with E-state index in [1.807, 2.05) is 25.1 Å². The molecule has 3 heterocycles. The average molecular weight is 408 g/mol. The van der Waals surface area contributed by atoms with Crippen molar-refractivity contribution in [2.24, 2.45) is 0 Å². The molecule has 2 amide bonds. The number of carbonyl (C=O) groups excluding carboxylic acids is 2. The van der Waals surface area contributed by atoms with Crippen molar-refractivity contribution >= 4 is 11.8 Å². The van der Waals surface area contributed by atoms with Gasteiger partial charge in [0.05, 0.1) is 0 Å². The lowest BCUT2D eigenvalue weighted by atomic mass is 10.1. The summed E-state index contributed by atoms with van der Waals surface area (Å²) in [6.45, 7) is 5.56. The Labute approximate surface area is 174 Å². The molecule has 3 aromatic rings. The summed E-state index contributed by atoms with van der Waals surface area (Å²) in [5.74, 6) is 0.694. The van der Waals surface area contributed by atoms with Crippen LogP contribution in [-0.2, 0) is 6.54 Å². The molecular formula is C21H24N6O3. The zero-order chi connectivity index (χ0) is 21.1. The highest BCUT2D eigenvalue weighted by Gasteiger charge is 2.34. The van der Waals surface area contributed by atoms with Crippen LogP contribution in [0, 0.1) is 6.92 Å². The maximum absolute atomic E-state index is 13.3. The molecule has 1 aliphatic heterocycles. The average Bonchev–Trinajstić information content (AvgIpc) is 3.37. The number of rotatable bonds is 4. The highest BCUT2D eigenvalue weighted by atomic mass is 16.5. The molecule has 0 bridgehead atoms. The van der Waals surface area contributed by atoms with E-state index in [1.54, 1.807) is 45.8 Å². The molecule has 1 unspecified atom stereocenters. The van der Waals surface area contributed by atoms with Crippen molar-refractivity contribution in [1.29, 1.82) is 0 Å². The van der Waals surface area contributed by atoms with Gasteiger partial charge in [-0.1, -0.05) is 23.4 Å². The molecule has 0 saturated carbocycles. The summed E-state index contributed by atoms with van der Waals surface area (Å²) < 4.78 is 7.09. The van der Waals surface area contributed by atoms with Crippen LogP contribution in [0.3, 0.4) is 0 Å². The number of benzene rings is 1. The predicted octanol–water partition coefficient (Wildman–Crippen LogP) is 2.32. The van der Waals surface area contributed by atoms with Crippen molar-refractivity contribution in [3.63, 3.8) is 0 Å². The van der Waals surface area contributed by atoms with Gasteiger partial charge in [-0.25, -0.2) is 0 Å². The van der Waals surface area contributed by atoms with Gasteiger partial charge in [0.1, 0.15) is 11.7 Å². The molecule has 1 saturated heterocycles. The van der Waals surface area contributed by atoms with Gasteiger partial charge in [-0.15, -0.1) is 0 Å². The summed E-state index contributed by atoms with van der Waals surface area (Å²) in [5, 5.41) is 8.08. The third-order valence-electron chi connectivity index (χ3n) is 5.29. The van der Waals surface area contributed by atoms with Gasteiger partial charge in [-0.2, -0.15) is 10.1 Å². The molecule has 9 nitrogen and oxygen atoms in total. The summed E-state index contributed by atoms with van der Waals surface area (Å²) in [5.41, 5.74) is 1.13. The highest BCUT2D eigenvalue weighted by molar-refractivity contribution is 5.95. The van der Waals surface area contributed by atoms with Crippen LogP contribution in [0.15, 0.2) is 47.1 Å². The fraction of sp³-hybridized carbons (Fsp3) is 0.381. The quantitative estimate of drug-likeness (QED) is 0.657. The van der Waals surface area contributed by atoms with Crippen molar-refractivity contribution in [2.45, 2.75) is 32.9 Å². The van der Waals surface area contributed by atoms with Crippen molar-refractivity contribution < 1.29 is 14.1 Å². The lowest BCUT2D eigenvalue weighted by Gasteiger charge is -2.27. The molecule has 1 aromatic carbocycles. The predicted molar refractivity (Wildman–Crippen MR) is 108 cm³/mol. The van der Waals surface area contributed by atoms with Gasteiger partial charge in [-0.05, 0) is 38.5 Å². The number of carbonyl (C=O) groups is 2. The van der Waals surface area contributed by atoms with Crippen LogP contribution in [0.2, 0.25) is 0 Å². The highest BCUT2D eigenvalue weighted by Crippen LogP contribution is 2.28. The van der Waals surface area contributed by atoms with Crippen LogP contribution < -0.4 is 0 Å². The van der Waals surface area contributed by atoms with E-state index >= 15 is 0 Å². The normalized spacial score (nSPS) is 17.1. The number of aryl methyl sites for hydroxylation is 2. The molecule has 2 aromatic heterocycles. The minimum absolute atomic E-state index is 0.0937. The summed E-state index contributed by atoms with van der Waals surface area (Å²) in [4.78, 5) is 34.2. The van der Waals surface area contributed by atoms with Crippen LogP contribution in [0.1, 0.15) is 51.9 Å². The molecule has 9 heteroatoms. The van der Waals surface area contributed by atoms with Gasteiger partial charge in [0.2, 0.25) is 5.89 Å². The Bertz CT molecular complexity index is 1030. The van der Waals surface area contributed by atoms with E-state index < -0.39 is 6.04 Å². The van der Waals surface area contributed by atoms with Crippen LogP contribution in [0.25, 0.3) is 0 Å². The molecule has 1 atom stereocenters. The van der Waals surface area contributed by atoms with Gasteiger partial charge in [0.25, 0.3) is 11.8 Å². The first-order chi connectivity index (χ1) is 14.6. The Morgan fingerprint density at radius 3 is 2.60 bits per heavy atom. The van der Waals surface area contributed by atoms with E-state index in [-0.39, 0.29) is 11.8 Å². The number of nitrogens with zero attached hydrogens (tertiary/aromatic N) is 6. The molecule has 1 fully saturated rings. The maximum atomic E-state index is 13.3. The van der Waals surface area contributed by atoms with E-state index in [0.717, 1.165) is 0 Å². The minimum atomic E-state index is -0.396. The number of aromatic nitrogens is 4. The topological polar surface area (TPSA) is 97.4 Å². The second kappa shape index (κ2) is 8.48. The molecule has 30 heavy (non-hydrogen) atoms. The van der Waals surface area contributed by atoms with Gasteiger partial charge in [0.15, 0.2) is 5.82 Å². The molecule has 0 spiro atoms. The smallest absolute Gasteiger partial charge is 0.272 e. The Morgan fingerprint density at radius 1 is 1.10 bits per heavy atom. The zero-order valence-electron chi connectivity index (χ0n) is 17.1. The molecule has 0 N–H and O–H groups in total. The molecule has 0 aliphatic carbocycles. The summed E-state index contributed by atoms with van der Waals surface area (Å²) in [6.07, 6.45) is 2.13. The fourth-order valence-electron chi connectivity index (χ4n) is 3.76. The Hall–Kier alpha value is -3.49. The van der Waals surface area contributed by atoms with Crippen molar-refractivity contribution in [2.75, 3.05) is 19.6 Å². The van der Waals surface area contributed by atoms with E-state index in [0.29, 0.717) is 55.6 Å². The molecule has 4 rings (SSSR count). The standard InChI is InChI=1S/C21H24N6O3/c1-3-27-18(9-11-22-27)21(29)25-12-10-17(19-23-15(2)24-30-19)26(14-13-25)20(28)16-7-5-4-6-8-16/h4-9,11,17H,3,10,12-14H2,1-2H3.